The lowest BCUT2D eigenvalue weighted by atomic mass is 10.1. The summed E-state index contributed by atoms with van der Waals surface area (Å²) in [6.07, 6.45) is 1.34. The number of carbonyl (C=O) groups excluding carboxylic acids is 2. The summed E-state index contributed by atoms with van der Waals surface area (Å²) in [5.74, 6) is -0.210. The highest BCUT2D eigenvalue weighted by Crippen LogP contribution is 2.12. The Labute approximate surface area is 162 Å². The van der Waals surface area contributed by atoms with Gasteiger partial charge in [-0.1, -0.05) is 59.7 Å². The van der Waals surface area contributed by atoms with E-state index < -0.39 is 0 Å². The highest BCUT2D eigenvalue weighted by Gasteiger charge is 2.16. The van der Waals surface area contributed by atoms with E-state index in [2.05, 4.69) is 24.3 Å². The van der Waals surface area contributed by atoms with Crippen molar-refractivity contribution in [3.8, 4) is 0 Å². The summed E-state index contributed by atoms with van der Waals surface area (Å²) < 4.78 is 5.00. The zero-order valence-corrected chi connectivity index (χ0v) is 16.5. The van der Waals surface area contributed by atoms with E-state index in [1.165, 1.54) is 11.1 Å². The van der Waals surface area contributed by atoms with Crippen molar-refractivity contribution in [2.24, 2.45) is 0 Å². The summed E-state index contributed by atoms with van der Waals surface area (Å²) >= 11 is 0. The first-order chi connectivity index (χ1) is 13.0. The maximum atomic E-state index is 12.8. The lowest BCUT2D eigenvalue weighted by Gasteiger charge is -2.23. The van der Waals surface area contributed by atoms with E-state index >= 15 is 0 Å². The monoisotopic (exact) mass is 367 g/mol. The van der Waals surface area contributed by atoms with Gasteiger partial charge in [0.25, 0.3) is 0 Å². The topological polar surface area (TPSA) is 46.6 Å². The fourth-order valence-electron chi connectivity index (χ4n) is 2.83. The van der Waals surface area contributed by atoms with Gasteiger partial charge in [0.2, 0.25) is 5.91 Å². The Bertz CT molecular complexity index is 735. The molecule has 0 aliphatic rings. The number of hydrogen-bond donors (Lipinski definition) is 0. The number of ether oxygens (including phenoxy) is 1. The van der Waals surface area contributed by atoms with Gasteiger partial charge in [-0.05, 0) is 38.3 Å². The minimum Gasteiger partial charge on any atom is -0.466 e. The minimum atomic E-state index is -0.266. The van der Waals surface area contributed by atoms with Crippen LogP contribution in [0.1, 0.15) is 42.0 Å². The van der Waals surface area contributed by atoms with Gasteiger partial charge in [-0.3, -0.25) is 9.59 Å². The normalized spacial score (nSPS) is 10.5. The number of aryl methyl sites for hydroxylation is 3. The Morgan fingerprint density at radius 2 is 1.41 bits per heavy atom. The zero-order valence-electron chi connectivity index (χ0n) is 16.5. The lowest BCUT2D eigenvalue weighted by Crippen LogP contribution is -2.33. The Balaban J connectivity index is 1.99. The number of amides is 1. The molecule has 0 radical (unpaired) electrons. The van der Waals surface area contributed by atoms with Crippen LogP contribution < -0.4 is 0 Å². The van der Waals surface area contributed by atoms with Crippen molar-refractivity contribution >= 4 is 11.9 Å². The summed E-state index contributed by atoms with van der Waals surface area (Å²) in [7, 11) is 0. The fraction of sp³-hybridized carbons (Fsp3) is 0.391. The summed E-state index contributed by atoms with van der Waals surface area (Å²) in [6, 6.07) is 16.4. The zero-order chi connectivity index (χ0) is 19.6. The number of hydrogen-bond acceptors (Lipinski definition) is 3. The van der Waals surface area contributed by atoms with Gasteiger partial charge in [-0.2, -0.15) is 0 Å². The molecule has 0 fully saturated rings. The summed E-state index contributed by atoms with van der Waals surface area (Å²) in [4.78, 5) is 26.3. The molecule has 0 atom stereocenters. The third-order valence-corrected chi connectivity index (χ3v) is 4.49. The van der Waals surface area contributed by atoms with Crippen LogP contribution in [0.25, 0.3) is 0 Å². The maximum Gasteiger partial charge on any atom is 0.307 e. The van der Waals surface area contributed by atoms with Crippen LogP contribution in [0, 0.1) is 13.8 Å². The molecule has 0 aromatic heterocycles. The second kappa shape index (κ2) is 10.5. The SMILES string of the molecule is CCOC(=O)CCN(Cc1ccc(C)cc1)C(=O)CCc1ccc(C)cc1. The average Bonchev–Trinajstić information content (AvgIpc) is 2.66. The predicted octanol–water partition coefficient (Wildman–Crippen LogP) is 4.22. The van der Waals surface area contributed by atoms with Crippen molar-refractivity contribution in [3.05, 3.63) is 70.8 Å². The van der Waals surface area contributed by atoms with E-state index in [4.69, 9.17) is 4.74 Å². The molecule has 2 aromatic carbocycles. The quantitative estimate of drug-likeness (QED) is 0.624. The van der Waals surface area contributed by atoms with E-state index in [1.807, 2.05) is 38.1 Å². The van der Waals surface area contributed by atoms with Gasteiger partial charge >= 0.3 is 5.97 Å². The van der Waals surface area contributed by atoms with Crippen molar-refractivity contribution < 1.29 is 14.3 Å². The minimum absolute atomic E-state index is 0.0560. The number of carbonyl (C=O) groups is 2. The van der Waals surface area contributed by atoms with Crippen LogP contribution in [-0.2, 0) is 27.3 Å². The van der Waals surface area contributed by atoms with E-state index in [9.17, 15) is 9.59 Å². The highest BCUT2D eigenvalue weighted by molar-refractivity contribution is 5.77. The molecule has 0 bridgehead atoms. The molecule has 2 aromatic rings. The molecule has 0 unspecified atom stereocenters. The molecule has 0 aliphatic carbocycles. The Morgan fingerprint density at radius 3 is 1.96 bits per heavy atom. The van der Waals surface area contributed by atoms with Gasteiger partial charge < -0.3 is 9.64 Å². The summed E-state index contributed by atoms with van der Waals surface area (Å²) in [5, 5.41) is 0. The van der Waals surface area contributed by atoms with Gasteiger partial charge in [0, 0.05) is 19.5 Å². The van der Waals surface area contributed by atoms with Crippen LogP contribution in [0.2, 0.25) is 0 Å². The fourth-order valence-corrected chi connectivity index (χ4v) is 2.83. The number of rotatable bonds is 9. The van der Waals surface area contributed by atoms with Crippen molar-refractivity contribution in [2.45, 2.75) is 46.6 Å². The standard InChI is InChI=1S/C23H29NO3/c1-4-27-23(26)15-16-24(17-21-11-7-19(3)8-12-21)22(25)14-13-20-9-5-18(2)6-10-20/h5-12H,4,13-17H2,1-3H3. The molecule has 0 spiro atoms. The number of esters is 1. The van der Waals surface area contributed by atoms with Crippen LogP contribution in [-0.4, -0.2) is 29.9 Å². The summed E-state index contributed by atoms with van der Waals surface area (Å²) in [6.45, 7) is 7.11. The Morgan fingerprint density at radius 1 is 0.852 bits per heavy atom. The van der Waals surface area contributed by atoms with Crippen LogP contribution in [0.4, 0.5) is 0 Å². The Hall–Kier alpha value is -2.62. The number of nitrogens with zero attached hydrogens (tertiary/aromatic N) is 1. The van der Waals surface area contributed by atoms with Crippen molar-refractivity contribution in [1.82, 2.24) is 4.90 Å². The van der Waals surface area contributed by atoms with Crippen molar-refractivity contribution in [2.75, 3.05) is 13.2 Å². The van der Waals surface area contributed by atoms with Gasteiger partial charge in [0.15, 0.2) is 0 Å². The van der Waals surface area contributed by atoms with Crippen LogP contribution in [0.3, 0.4) is 0 Å². The lowest BCUT2D eigenvalue weighted by molar-refractivity contribution is -0.144. The van der Waals surface area contributed by atoms with Crippen molar-refractivity contribution in [3.63, 3.8) is 0 Å². The smallest absolute Gasteiger partial charge is 0.307 e. The van der Waals surface area contributed by atoms with E-state index in [-0.39, 0.29) is 18.3 Å². The Kier molecular flexibility index (Phi) is 8.05. The van der Waals surface area contributed by atoms with Crippen molar-refractivity contribution in [1.29, 1.82) is 0 Å². The molecule has 0 aliphatic heterocycles. The molecular formula is C23H29NO3. The van der Waals surface area contributed by atoms with Crippen LogP contribution >= 0.6 is 0 Å². The largest absolute Gasteiger partial charge is 0.466 e. The highest BCUT2D eigenvalue weighted by atomic mass is 16.5. The third kappa shape index (κ3) is 7.26. The number of benzene rings is 2. The first-order valence-corrected chi connectivity index (χ1v) is 9.52. The predicted molar refractivity (Wildman–Crippen MR) is 107 cm³/mol. The third-order valence-electron chi connectivity index (χ3n) is 4.49. The maximum absolute atomic E-state index is 12.8. The molecule has 4 heteroatoms. The van der Waals surface area contributed by atoms with Gasteiger partial charge in [0.05, 0.1) is 13.0 Å². The average molecular weight is 367 g/mol. The molecule has 4 nitrogen and oxygen atoms in total. The summed E-state index contributed by atoms with van der Waals surface area (Å²) in [5.41, 5.74) is 4.60. The molecule has 0 saturated carbocycles. The molecule has 0 N–H and O–H groups in total. The molecule has 1 amide bonds. The molecule has 0 saturated heterocycles. The second-order valence-electron chi connectivity index (χ2n) is 6.84. The van der Waals surface area contributed by atoms with E-state index in [0.29, 0.717) is 32.5 Å². The van der Waals surface area contributed by atoms with Gasteiger partial charge in [0.1, 0.15) is 0 Å². The van der Waals surface area contributed by atoms with E-state index in [0.717, 1.165) is 11.1 Å². The first-order valence-electron chi connectivity index (χ1n) is 9.52. The van der Waals surface area contributed by atoms with Gasteiger partial charge in [-0.15, -0.1) is 0 Å². The van der Waals surface area contributed by atoms with Crippen LogP contribution in [0.5, 0.6) is 0 Å². The molecular weight excluding hydrogens is 338 g/mol. The van der Waals surface area contributed by atoms with Gasteiger partial charge in [-0.25, -0.2) is 0 Å². The molecule has 0 heterocycles. The second-order valence-corrected chi connectivity index (χ2v) is 6.84. The molecule has 144 valence electrons. The molecule has 27 heavy (non-hydrogen) atoms. The van der Waals surface area contributed by atoms with Crippen LogP contribution in [0.15, 0.2) is 48.5 Å². The first kappa shape index (κ1) is 20.7. The molecule has 2 rings (SSSR count). The van der Waals surface area contributed by atoms with E-state index in [1.54, 1.807) is 11.8 Å².